The van der Waals surface area contributed by atoms with Crippen molar-refractivity contribution in [3.05, 3.63) is 60.7 Å². The number of hydrogen-bond acceptors (Lipinski definition) is 3. The molecule has 0 amide bonds. The Morgan fingerprint density at radius 2 is 1.60 bits per heavy atom. The molecule has 0 spiro atoms. The Labute approximate surface area is 149 Å². The SMILES string of the molecule is N=CCCSc1nc(-c2ccccc2)c(-c2ccccc2)n1C(F)F. The summed E-state index contributed by atoms with van der Waals surface area (Å²) in [5.74, 6) is 0.537. The quantitative estimate of drug-likeness (QED) is 0.333. The number of imidazole rings is 1. The Balaban J connectivity index is 2.19. The van der Waals surface area contributed by atoms with E-state index in [9.17, 15) is 8.78 Å². The topological polar surface area (TPSA) is 41.7 Å². The fraction of sp³-hybridized carbons (Fsp3) is 0.158. The van der Waals surface area contributed by atoms with Gasteiger partial charge in [0.15, 0.2) is 5.16 Å². The lowest BCUT2D eigenvalue weighted by Gasteiger charge is -2.11. The lowest BCUT2D eigenvalue weighted by Crippen LogP contribution is -2.03. The van der Waals surface area contributed by atoms with Crippen molar-refractivity contribution in [2.24, 2.45) is 0 Å². The average Bonchev–Trinajstić information content (AvgIpc) is 3.03. The van der Waals surface area contributed by atoms with Gasteiger partial charge in [0.1, 0.15) is 0 Å². The number of alkyl halides is 2. The molecule has 3 aromatic rings. The van der Waals surface area contributed by atoms with Gasteiger partial charge in [0.05, 0.1) is 11.4 Å². The van der Waals surface area contributed by atoms with Crippen LogP contribution in [0.25, 0.3) is 22.5 Å². The minimum Gasteiger partial charge on any atom is -0.313 e. The lowest BCUT2D eigenvalue weighted by molar-refractivity contribution is 0.0628. The van der Waals surface area contributed by atoms with E-state index in [-0.39, 0.29) is 5.16 Å². The molecule has 0 fully saturated rings. The number of aromatic nitrogens is 2. The van der Waals surface area contributed by atoms with Crippen LogP contribution < -0.4 is 0 Å². The molecule has 0 bridgehead atoms. The van der Waals surface area contributed by atoms with Crippen LogP contribution in [0.3, 0.4) is 0 Å². The zero-order valence-corrected chi connectivity index (χ0v) is 14.2. The molecule has 6 heteroatoms. The third-order valence-corrected chi connectivity index (χ3v) is 4.65. The first-order valence-electron chi connectivity index (χ1n) is 7.85. The normalized spacial score (nSPS) is 11.0. The van der Waals surface area contributed by atoms with Crippen molar-refractivity contribution < 1.29 is 8.78 Å². The predicted octanol–water partition coefficient (Wildman–Crippen LogP) is 5.74. The number of nitrogens with one attached hydrogen (secondary N) is 1. The summed E-state index contributed by atoms with van der Waals surface area (Å²) in [4.78, 5) is 4.52. The molecule has 3 rings (SSSR count). The largest absolute Gasteiger partial charge is 0.321 e. The van der Waals surface area contributed by atoms with E-state index in [1.165, 1.54) is 18.0 Å². The molecule has 128 valence electrons. The van der Waals surface area contributed by atoms with E-state index in [1.807, 2.05) is 60.7 Å². The highest BCUT2D eigenvalue weighted by Crippen LogP contribution is 2.38. The van der Waals surface area contributed by atoms with Crippen LogP contribution in [0.15, 0.2) is 65.8 Å². The Kier molecular flexibility index (Phi) is 5.60. The first-order valence-corrected chi connectivity index (χ1v) is 8.84. The van der Waals surface area contributed by atoms with Crippen molar-refractivity contribution >= 4 is 18.0 Å². The molecule has 25 heavy (non-hydrogen) atoms. The molecular formula is C19H17F2N3S. The maximum absolute atomic E-state index is 13.9. The summed E-state index contributed by atoms with van der Waals surface area (Å²) < 4.78 is 28.7. The molecule has 0 unspecified atom stereocenters. The van der Waals surface area contributed by atoms with Gasteiger partial charge in [0.25, 0.3) is 0 Å². The second kappa shape index (κ2) is 8.07. The third-order valence-electron chi connectivity index (χ3n) is 3.66. The van der Waals surface area contributed by atoms with Crippen molar-refractivity contribution in [3.8, 4) is 22.5 Å². The zero-order chi connectivity index (χ0) is 17.6. The zero-order valence-electron chi connectivity index (χ0n) is 13.4. The van der Waals surface area contributed by atoms with Crippen LogP contribution in [-0.2, 0) is 0 Å². The van der Waals surface area contributed by atoms with Gasteiger partial charge >= 0.3 is 6.55 Å². The summed E-state index contributed by atoms with van der Waals surface area (Å²) in [5.41, 5.74) is 2.46. The van der Waals surface area contributed by atoms with Crippen molar-refractivity contribution in [2.45, 2.75) is 18.1 Å². The van der Waals surface area contributed by atoms with Gasteiger partial charge in [-0.2, -0.15) is 8.78 Å². The Morgan fingerprint density at radius 1 is 1.00 bits per heavy atom. The highest BCUT2D eigenvalue weighted by molar-refractivity contribution is 7.99. The Hall–Kier alpha value is -2.47. The Bertz CT molecular complexity index is 833. The second-order valence-corrected chi connectivity index (χ2v) is 6.37. The predicted molar refractivity (Wildman–Crippen MR) is 98.5 cm³/mol. The Morgan fingerprint density at radius 3 is 2.16 bits per heavy atom. The van der Waals surface area contributed by atoms with E-state index in [2.05, 4.69) is 4.98 Å². The maximum Gasteiger partial charge on any atom is 0.321 e. The van der Waals surface area contributed by atoms with Crippen LogP contribution in [0.1, 0.15) is 13.0 Å². The first kappa shape index (κ1) is 17.4. The summed E-state index contributed by atoms with van der Waals surface area (Å²) in [6.45, 7) is -2.69. The van der Waals surface area contributed by atoms with Crippen molar-refractivity contribution in [1.29, 1.82) is 5.41 Å². The van der Waals surface area contributed by atoms with Crippen LogP contribution in [0.2, 0.25) is 0 Å². The summed E-state index contributed by atoms with van der Waals surface area (Å²) in [6, 6.07) is 18.5. The molecule has 0 saturated heterocycles. The number of nitrogens with zero attached hydrogens (tertiary/aromatic N) is 2. The van der Waals surface area contributed by atoms with Crippen LogP contribution in [0, 0.1) is 5.41 Å². The van der Waals surface area contributed by atoms with Gasteiger partial charge in [-0.05, 0) is 12.6 Å². The van der Waals surface area contributed by atoms with E-state index in [0.29, 0.717) is 29.1 Å². The van der Waals surface area contributed by atoms with Crippen LogP contribution in [-0.4, -0.2) is 21.5 Å². The van der Waals surface area contributed by atoms with E-state index >= 15 is 0 Å². The number of rotatable bonds is 7. The number of benzene rings is 2. The molecule has 0 saturated carbocycles. The second-order valence-electron chi connectivity index (χ2n) is 5.31. The minimum atomic E-state index is -2.69. The fourth-order valence-corrected chi connectivity index (χ4v) is 3.46. The van der Waals surface area contributed by atoms with Crippen molar-refractivity contribution in [3.63, 3.8) is 0 Å². The van der Waals surface area contributed by atoms with Crippen LogP contribution in [0.4, 0.5) is 8.78 Å². The standard InChI is InChI=1S/C19H17F2N3S/c20-18(21)24-17(15-10-5-2-6-11-15)16(14-8-3-1-4-9-14)23-19(24)25-13-7-12-22/h1-6,8-12,18,22H,7,13H2. The molecule has 1 heterocycles. The van der Waals surface area contributed by atoms with Gasteiger partial charge < -0.3 is 5.41 Å². The van der Waals surface area contributed by atoms with Crippen LogP contribution in [0.5, 0.6) is 0 Å². The molecule has 2 aromatic carbocycles. The van der Waals surface area contributed by atoms with E-state index in [1.54, 1.807) is 0 Å². The van der Waals surface area contributed by atoms with Crippen LogP contribution >= 0.6 is 11.8 Å². The first-order chi connectivity index (χ1) is 12.2. The highest BCUT2D eigenvalue weighted by atomic mass is 32.2. The molecule has 0 aliphatic carbocycles. The van der Waals surface area contributed by atoms with Gasteiger partial charge in [-0.1, -0.05) is 72.4 Å². The van der Waals surface area contributed by atoms with Crippen molar-refractivity contribution in [1.82, 2.24) is 9.55 Å². The maximum atomic E-state index is 13.9. The van der Waals surface area contributed by atoms with Gasteiger partial charge in [0.2, 0.25) is 0 Å². The molecule has 0 aliphatic rings. The minimum absolute atomic E-state index is 0.273. The smallest absolute Gasteiger partial charge is 0.313 e. The summed E-state index contributed by atoms with van der Waals surface area (Å²) in [5, 5.41) is 7.38. The molecule has 1 N–H and O–H groups in total. The lowest BCUT2D eigenvalue weighted by atomic mass is 10.0. The van der Waals surface area contributed by atoms with Gasteiger partial charge in [0, 0.05) is 16.9 Å². The fourth-order valence-electron chi connectivity index (χ4n) is 2.57. The molecule has 0 radical (unpaired) electrons. The molecular weight excluding hydrogens is 340 g/mol. The van der Waals surface area contributed by atoms with E-state index in [4.69, 9.17) is 5.41 Å². The molecule has 0 aliphatic heterocycles. The van der Waals surface area contributed by atoms with Crippen molar-refractivity contribution in [2.75, 3.05) is 5.75 Å². The summed E-state index contributed by atoms with van der Waals surface area (Å²) >= 11 is 1.24. The number of hydrogen-bond donors (Lipinski definition) is 1. The number of thioether (sulfide) groups is 1. The van der Waals surface area contributed by atoms with Gasteiger partial charge in [-0.15, -0.1) is 0 Å². The number of halogens is 2. The highest BCUT2D eigenvalue weighted by Gasteiger charge is 2.24. The van der Waals surface area contributed by atoms with E-state index < -0.39 is 6.55 Å². The third kappa shape index (κ3) is 3.79. The van der Waals surface area contributed by atoms with E-state index in [0.717, 1.165) is 10.1 Å². The summed E-state index contributed by atoms with van der Waals surface area (Å²) in [6.07, 6.45) is 1.79. The average molecular weight is 357 g/mol. The molecule has 1 aromatic heterocycles. The molecule has 0 atom stereocenters. The summed E-state index contributed by atoms with van der Waals surface area (Å²) in [7, 11) is 0. The monoisotopic (exact) mass is 357 g/mol. The van der Waals surface area contributed by atoms with Gasteiger partial charge in [-0.25, -0.2) is 4.98 Å². The van der Waals surface area contributed by atoms with Gasteiger partial charge in [-0.3, -0.25) is 4.57 Å². The molecule has 3 nitrogen and oxygen atoms in total.